The molecule has 0 radical (unpaired) electrons. The van der Waals surface area contributed by atoms with Gasteiger partial charge in [-0.05, 0) is 47.5 Å². The Balaban J connectivity index is 1.56. The lowest BCUT2D eigenvalue weighted by Crippen LogP contribution is -2.20. The van der Waals surface area contributed by atoms with Crippen LogP contribution in [0.5, 0.6) is 5.75 Å². The molecule has 0 fully saturated rings. The highest BCUT2D eigenvalue weighted by Gasteiger charge is 2.08. The number of carbonyl (C=O) groups excluding carboxylic acids is 2. The van der Waals surface area contributed by atoms with Crippen molar-refractivity contribution in [2.75, 3.05) is 17.2 Å². The molecule has 2 N–H and O–H groups in total. The summed E-state index contributed by atoms with van der Waals surface area (Å²) in [6, 6.07) is 22.1. The van der Waals surface area contributed by atoms with Crippen molar-refractivity contribution in [1.29, 1.82) is 0 Å². The molecule has 6 heteroatoms. The van der Waals surface area contributed by atoms with Crippen LogP contribution in [-0.2, 0) is 9.59 Å². The highest BCUT2D eigenvalue weighted by Crippen LogP contribution is 2.30. The second kappa shape index (κ2) is 9.06. The maximum absolute atomic E-state index is 12.1. The van der Waals surface area contributed by atoms with E-state index in [4.69, 9.17) is 16.3 Å². The summed E-state index contributed by atoms with van der Waals surface area (Å²) >= 11 is 6.29. The lowest BCUT2D eigenvalue weighted by Gasteiger charge is -2.11. The number of hydrogen-bond acceptors (Lipinski definition) is 3. The van der Waals surface area contributed by atoms with Crippen LogP contribution in [0.3, 0.4) is 0 Å². The van der Waals surface area contributed by atoms with Crippen LogP contribution in [0.15, 0.2) is 72.8 Å². The average molecular weight is 395 g/mol. The Labute approximate surface area is 168 Å². The van der Waals surface area contributed by atoms with Crippen LogP contribution in [0.25, 0.3) is 11.1 Å². The van der Waals surface area contributed by atoms with Gasteiger partial charge < -0.3 is 15.4 Å². The third-order valence-corrected chi connectivity index (χ3v) is 4.18. The summed E-state index contributed by atoms with van der Waals surface area (Å²) in [6.45, 7) is 1.27. The molecule has 3 rings (SSSR count). The van der Waals surface area contributed by atoms with Gasteiger partial charge in [0.05, 0.1) is 5.02 Å². The lowest BCUT2D eigenvalue weighted by molar-refractivity contribution is -0.118. The van der Waals surface area contributed by atoms with Crippen molar-refractivity contribution in [2.45, 2.75) is 6.92 Å². The van der Waals surface area contributed by atoms with Gasteiger partial charge in [-0.25, -0.2) is 0 Å². The molecule has 142 valence electrons. The van der Waals surface area contributed by atoms with Gasteiger partial charge in [0.1, 0.15) is 5.75 Å². The van der Waals surface area contributed by atoms with Gasteiger partial charge in [0.15, 0.2) is 6.61 Å². The molecule has 0 saturated heterocycles. The highest BCUT2D eigenvalue weighted by atomic mass is 35.5. The van der Waals surface area contributed by atoms with Crippen LogP contribution < -0.4 is 15.4 Å². The van der Waals surface area contributed by atoms with E-state index >= 15 is 0 Å². The molecule has 0 unspecified atom stereocenters. The van der Waals surface area contributed by atoms with Crippen molar-refractivity contribution in [2.24, 2.45) is 0 Å². The molecule has 0 aliphatic rings. The number of anilines is 2. The third kappa shape index (κ3) is 5.34. The minimum absolute atomic E-state index is 0.152. The molecule has 0 aromatic heterocycles. The van der Waals surface area contributed by atoms with Gasteiger partial charge in [-0.15, -0.1) is 0 Å². The van der Waals surface area contributed by atoms with E-state index in [0.29, 0.717) is 22.1 Å². The van der Waals surface area contributed by atoms with Gasteiger partial charge in [0.25, 0.3) is 5.91 Å². The maximum atomic E-state index is 12.1. The van der Waals surface area contributed by atoms with E-state index in [1.165, 1.54) is 6.92 Å². The summed E-state index contributed by atoms with van der Waals surface area (Å²) < 4.78 is 5.54. The zero-order chi connectivity index (χ0) is 19.9. The Hall–Kier alpha value is -3.31. The lowest BCUT2D eigenvalue weighted by atomic mass is 10.1. The van der Waals surface area contributed by atoms with Crippen LogP contribution in [0.1, 0.15) is 6.92 Å². The van der Waals surface area contributed by atoms with Gasteiger partial charge in [-0.1, -0.05) is 48.0 Å². The summed E-state index contributed by atoms with van der Waals surface area (Å²) in [5, 5.41) is 5.83. The first kappa shape index (κ1) is 19.5. The second-order valence-corrected chi connectivity index (χ2v) is 6.51. The molecule has 3 aromatic rings. The number of amides is 2. The zero-order valence-corrected chi connectivity index (χ0v) is 16.0. The smallest absolute Gasteiger partial charge is 0.262 e. The molecule has 0 atom stereocenters. The Morgan fingerprint density at radius 1 is 0.857 bits per heavy atom. The maximum Gasteiger partial charge on any atom is 0.262 e. The van der Waals surface area contributed by atoms with Crippen molar-refractivity contribution in [3.63, 3.8) is 0 Å². The van der Waals surface area contributed by atoms with Crippen LogP contribution in [0, 0.1) is 0 Å². The summed E-state index contributed by atoms with van der Waals surface area (Å²) in [5.41, 5.74) is 3.29. The Morgan fingerprint density at radius 3 is 2.11 bits per heavy atom. The molecular formula is C22H19ClN2O3. The van der Waals surface area contributed by atoms with E-state index in [1.54, 1.807) is 30.3 Å². The molecule has 28 heavy (non-hydrogen) atoms. The molecule has 0 bridgehead atoms. The van der Waals surface area contributed by atoms with Crippen molar-refractivity contribution in [1.82, 2.24) is 0 Å². The molecule has 0 heterocycles. The van der Waals surface area contributed by atoms with Crippen molar-refractivity contribution in [3.8, 4) is 16.9 Å². The molecule has 0 spiro atoms. The molecule has 3 aromatic carbocycles. The van der Waals surface area contributed by atoms with Crippen molar-refractivity contribution < 1.29 is 14.3 Å². The summed E-state index contributed by atoms with van der Waals surface area (Å²) in [7, 11) is 0. The van der Waals surface area contributed by atoms with Gasteiger partial charge in [-0.2, -0.15) is 0 Å². The molecule has 0 aliphatic heterocycles. The number of benzene rings is 3. The summed E-state index contributed by atoms with van der Waals surface area (Å²) in [6.07, 6.45) is 0. The Kier molecular flexibility index (Phi) is 6.29. The number of ether oxygens (including phenoxy) is 1. The fourth-order valence-electron chi connectivity index (χ4n) is 2.61. The second-order valence-electron chi connectivity index (χ2n) is 6.11. The molecule has 0 saturated carbocycles. The first-order chi connectivity index (χ1) is 13.5. The first-order valence-electron chi connectivity index (χ1n) is 8.66. The van der Waals surface area contributed by atoms with E-state index in [-0.39, 0.29) is 18.4 Å². The summed E-state index contributed by atoms with van der Waals surface area (Å²) in [5.74, 6) is -0.0201. The normalized spacial score (nSPS) is 10.2. The fourth-order valence-corrected chi connectivity index (χ4v) is 2.84. The fraction of sp³-hybridized carbons (Fsp3) is 0.0909. The van der Waals surface area contributed by atoms with Crippen LogP contribution in [0.4, 0.5) is 11.4 Å². The summed E-state index contributed by atoms with van der Waals surface area (Å²) in [4.78, 5) is 23.1. The standard InChI is InChI=1S/C22H19ClN2O3/c1-15(26)24-18-8-10-19(11-9-18)25-22(27)14-28-21-12-7-17(13-20(21)23)16-5-3-2-4-6-16/h2-13H,14H2,1H3,(H,24,26)(H,25,27). The number of carbonyl (C=O) groups is 2. The number of rotatable bonds is 6. The van der Waals surface area contributed by atoms with Crippen molar-refractivity contribution >= 4 is 34.8 Å². The predicted octanol–water partition coefficient (Wildman–Crippen LogP) is 4.98. The van der Waals surface area contributed by atoms with E-state index < -0.39 is 0 Å². The topological polar surface area (TPSA) is 67.4 Å². The Morgan fingerprint density at radius 2 is 1.50 bits per heavy atom. The van der Waals surface area contributed by atoms with Crippen LogP contribution >= 0.6 is 11.6 Å². The number of nitrogens with one attached hydrogen (secondary N) is 2. The van der Waals surface area contributed by atoms with Crippen LogP contribution in [0.2, 0.25) is 5.02 Å². The van der Waals surface area contributed by atoms with E-state index in [9.17, 15) is 9.59 Å². The third-order valence-electron chi connectivity index (χ3n) is 3.89. The average Bonchev–Trinajstić information content (AvgIpc) is 2.69. The zero-order valence-electron chi connectivity index (χ0n) is 15.2. The van der Waals surface area contributed by atoms with Gasteiger partial charge in [-0.3, -0.25) is 9.59 Å². The van der Waals surface area contributed by atoms with E-state index in [1.807, 2.05) is 42.5 Å². The minimum atomic E-state index is -0.310. The first-order valence-corrected chi connectivity index (χ1v) is 9.04. The quantitative estimate of drug-likeness (QED) is 0.619. The number of halogens is 1. The van der Waals surface area contributed by atoms with E-state index in [2.05, 4.69) is 10.6 Å². The molecule has 5 nitrogen and oxygen atoms in total. The van der Waals surface area contributed by atoms with Crippen molar-refractivity contribution in [3.05, 3.63) is 77.8 Å². The number of hydrogen-bond donors (Lipinski definition) is 2. The monoisotopic (exact) mass is 394 g/mol. The Bertz CT molecular complexity index is 973. The molecule has 0 aliphatic carbocycles. The SMILES string of the molecule is CC(=O)Nc1ccc(NC(=O)COc2ccc(-c3ccccc3)cc2Cl)cc1. The minimum Gasteiger partial charge on any atom is -0.482 e. The van der Waals surface area contributed by atoms with Gasteiger partial charge >= 0.3 is 0 Å². The predicted molar refractivity (Wildman–Crippen MR) is 112 cm³/mol. The van der Waals surface area contributed by atoms with Gasteiger partial charge in [0.2, 0.25) is 5.91 Å². The van der Waals surface area contributed by atoms with Crippen LogP contribution in [-0.4, -0.2) is 18.4 Å². The van der Waals surface area contributed by atoms with E-state index in [0.717, 1.165) is 11.1 Å². The molecule has 2 amide bonds. The largest absolute Gasteiger partial charge is 0.482 e. The molecular weight excluding hydrogens is 376 g/mol. The van der Waals surface area contributed by atoms with Gasteiger partial charge in [0, 0.05) is 18.3 Å². The highest BCUT2D eigenvalue weighted by molar-refractivity contribution is 6.32.